The first-order chi connectivity index (χ1) is 8.24. The third-order valence-electron chi connectivity index (χ3n) is 2.94. The Morgan fingerprint density at radius 1 is 1.44 bits per heavy atom. The molecule has 1 atom stereocenters. The van der Waals surface area contributed by atoms with Crippen LogP contribution in [0.1, 0.15) is 32.4 Å². The highest BCUT2D eigenvalue weighted by Crippen LogP contribution is 2.26. The van der Waals surface area contributed by atoms with Crippen LogP contribution in [0, 0.1) is 5.41 Å². The zero-order chi connectivity index (χ0) is 13.9. The molecule has 1 amide bonds. The third kappa shape index (κ3) is 3.87. The number of rotatable bonds is 5. The number of hydrogen-bond donors (Lipinski definition) is 2. The van der Waals surface area contributed by atoms with E-state index in [9.17, 15) is 4.79 Å². The summed E-state index contributed by atoms with van der Waals surface area (Å²) in [4.78, 5) is 11.2. The van der Waals surface area contributed by atoms with Gasteiger partial charge in [0.1, 0.15) is 0 Å². The van der Waals surface area contributed by atoms with E-state index in [2.05, 4.69) is 5.32 Å². The molecule has 18 heavy (non-hydrogen) atoms. The molecule has 0 saturated carbocycles. The van der Waals surface area contributed by atoms with Gasteiger partial charge in [-0.2, -0.15) is 0 Å². The zero-order valence-corrected chi connectivity index (χ0v) is 12.3. The summed E-state index contributed by atoms with van der Waals surface area (Å²) in [5.74, 6) is -0.334. The maximum absolute atomic E-state index is 11.2. The molecule has 0 heterocycles. The van der Waals surface area contributed by atoms with E-state index in [1.807, 2.05) is 13.0 Å². The van der Waals surface area contributed by atoms with Crippen molar-refractivity contribution in [2.24, 2.45) is 11.1 Å². The van der Waals surface area contributed by atoms with Gasteiger partial charge in [0.25, 0.3) is 0 Å². The van der Waals surface area contributed by atoms with E-state index in [-0.39, 0.29) is 11.9 Å². The van der Waals surface area contributed by atoms with Crippen molar-refractivity contribution in [3.05, 3.63) is 33.8 Å². The van der Waals surface area contributed by atoms with E-state index in [0.717, 1.165) is 5.56 Å². The van der Waals surface area contributed by atoms with E-state index >= 15 is 0 Å². The molecular formula is C13H18Cl2N2O. The van der Waals surface area contributed by atoms with Crippen molar-refractivity contribution in [3.63, 3.8) is 0 Å². The summed E-state index contributed by atoms with van der Waals surface area (Å²) in [6.45, 7) is 6.05. The van der Waals surface area contributed by atoms with Gasteiger partial charge in [0, 0.05) is 22.6 Å². The molecule has 1 rings (SSSR count). The van der Waals surface area contributed by atoms with Crippen LogP contribution in [-0.4, -0.2) is 12.5 Å². The molecule has 1 aromatic rings. The van der Waals surface area contributed by atoms with Crippen molar-refractivity contribution in [1.82, 2.24) is 5.32 Å². The van der Waals surface area contributed by atoms with Crippen LogP contribution in [0.5, 0.6) is 0 Å². The molecule has 0 fully saturated rings. The lowest BCUT2D eigenvalue weighted by atomic mass is 9.92. The van der Waals surface area contributed by atoms with Gasteiger partial charge in [-0.1, -0.05) is 23.2 Å². The van der Waals surface area contributed by atoms with Crippen LogP contribution in [0.3, 0.4) is 0 Å². The number of benzene rings is 1. The Morgan fingerprint density at radius 2 is 2.06 bits per heavy atom. The predicted molar refractivity (Wildman–Crippen MR) is 75.9 cm³/mol. The fourth-order valence-corrected chi connectivity index (χ4v) is 1.91. The van der Waals surface area contributed by atoms with Gasteiger partial charge < -0.3 is 11.1 Å². The van der Waals surface area contributed by atoms with Gasteiger partial charge in [0.2, 0.25) is 5.91 Å². The van der Waals surface area contributed by atoms with E-state index in [4.69, 9.17) is 28.9 Å². The van der Waals surface area contributed by atoms with Gasteiger partial charge in [-0.25, -0.2) is 0 Å². The average Bonchev–Trinajstić information content (AvgIpc) is 2.29. The van der Waals surface area contributed by atoms with Crippen LogP contribution in [-0.2, 0) is 4.79 Å². The summed E-state index contributed by atoms with van der Waals surface area (Å²) in [7, 11) is 0. The summed E-state index contributed by atoms with van der Waals surface area (Å²) in [5, 5.41) is 4.53. The molecule has 0 aliphatic heterocycles. The molecule has 0 saturated heterocycles. The van der Waals surface area contributed by atoms with Crippen LogP contribution in [0.25, 0.3) is 0 Å². The van der Waals surface area contributed by atoms with Crippen LogP contribution in [0.4, 0.5) is 0 Å². The molecule has 0 aliphatic rings. The van der Waals surface area contributed by atoms with Gasteiger partial charge in [0.15, 0.2) is 0 Å². The summed E-state index contributed by atoms with van der Waals surface area (Å²) < 4.78 is 0. The Morgan fingerprint density at radius 3 is 2.61 bits per heavy atom. The van der Waals surface area contributed by atoms with Crippen LogP contribution < -0.4 is 11.1 Å². The summed E-state index contributed by atoms with van der Waals surface area (Å²) >= 11 is 12.1. The molecule has 0 aromatic heterocycles. The fraction of sp³-hybridized carbons (Fsp3) is 0.462. The Kier molecular flexibility index (Phi) is 5.02. The Hall–Kier alpha value is -0.770. The Balaban J connectivity index is 2.74. The lowest BCUT2D eigenvalue weighted by Gasteiger charge is -2.24. The smallest absolute Gasteiger partial charge is 0.224 e. The quantitative estimate of drug-likeness (QED) is 0.874. The third-order valence-corrected chi connectivity index (χ3v) is 3.52. The number of carbonyl (C=O) groups excluding carboxylic acids is 1. The minimum Gasteiger partial charge on any atom is -0.369 e. The second-order valence-corrected chi connectivity index (χ2v) is 5.86. The van der Waals surface area contributed by atoms with Gasteiger partial charge >= 0.3 is 0 Å². The fourth-order valence-electron chi connectivity index (χ4n) is 1.45. The molecule has 0 radical (unpaired) electrons. The first kappa shape index (κ1) is 15.3. The summed E-state index contributed by atoms with van der Waals surface area (Å²) in [5.41, 5.74) is 5.63. The van der Waals surface area contributed by atoms with Gasteiger partial charge in [-0.05, 0) is 44.5 Å². The van der Waals surface area contributed by atoms with E-state index < -0.39 is 5.41 Å². The molecule has 0 bridgehead atoms. The zero-order valence-electron chi connectivity index (χ0n) is 10.8. The number of carbonyl (C=O) groups is 1. The Bertz CT molecular complexity index is 447. The van der Waals surface area contributed by atoms with Crippen LogP contribution in [0.15, 0.2) is 18.2 Å². The number of primary amides is 1. The largest absolute Gasteiger partial charge is 0.369 e. The van der Waals surface area contributed by atoms with Gasteiger partial charge in [-0.3, -0.25) is 4.79 Å². The van der Waals surface area contributed by atoms with Crippen molar-refractivity contribution in [1.29, 1.82) is 0 Å². The predicted octanol–water partition coefficient (Wildman–Crippen LogP) is 3.16. The second-order valence-electron chi connectivity index (χ2n) is 5.02. The number of nitrogens with two attached hydrogens (primary N) is 1. The highest BCUT2D eigenvalue weighted by atomic mass is 35.5. The molecule has 5 heteroatoms. The first-order valence-corrected chi connectivity index (χ1v) is 6.48. The standard InChI is InChI=1S/C13H18Cl2N2O/c1-8(17-7-13(2,3)12(16)18)10-6-9(14)4-5-11(10)15/h4-6,8,17H,7H2,1-3H3,(H2,16,18). The van der Waals surface area contributed by atoms with E-state index in [1.54, 1.807) is 26.0 Å². The van der Waals surface area contributed by atoms with E-state index in [1.165, 1.54) is 0 Å². The number of hydrogen-bond acceptors (Lipinski definition) is 2. The second kappa shape index (κ2) is 5.91. The van der Waals surface area contributed by atoms with Gasteiger partial charge in [-0.15, -0.1) is 0 Å². The molecule has 0 spiro atoms. The molecule has 3 N–H and O–H groups in total. The molecule has 100 valence electrons. The molecule has 0 aliphatic carbocycles. The minimum atomic E-state index is -0.598. The normalized spacial score (nSPS) is 13.4. The summed E-state index contributed by atoms with van der Waals surface area (Å²) in [6, 6.07) is 5.32. The number of nitrogens with one attached hydrogen (secondary N) is 1. The average molecular weight is 289 g/mol. The van der Waals surface area contributed by atoms with Crippen molar-refractivity contribution in [2.45, 2.75) is 26.8 Å². The van der Waals surface area contributed by atoms with Gasteiger partial charge in [0.05, 0.1) is 5.41 Å². The molecule has 1 unspecified atom stereocenters. The van der Waals surface area contributed by atoms with Crippen LogP contribution in [0.2, 0.25) is 10.0 Å². The lowest BCUT2D eigenvalue weighted by Crippen LogP contribution is -2.41. The number of halogens is 2. The Labute approximate surface area is 118 Å². The van der Waals surface area contributed by atoms with Crippen molar-refractivity contribution < 1.29 is 4.79 Å². The van der Waals surface area contributed by atoms with E-state index in [0.29, 0.717) is 16.6 Å². The highest BCUT2D eigenvalue weighted by Gasteiger charge is 2.25. The first-order valence-electron chi connectivity index (χ1n) is 5.72. The SMILES string of the molecule is CC(NCC(C)(C)C(N)=O)c1cc(Cl)ccc1Cl. The summed E-state index contributed by atoms with van der Waals surface area (Å²) in [6.07, 6.45) is 0. The maximum atomic E-state index is 11.2. The highest BCUT2D eigenvalue weighted by molar-refractivity contribution is 6.33. The minimum absolute atomic E-state index is 0.00479. The molecular weight excluding hydrogens is 271 g/mol. The maximum Gasteiger partial charge on any atom is 0.224 e. The number of amides is 1. The topological polar surface area (TPSA) is 55.1 Å². The van der Waals surface area contributed by atoms with Crippen LogP contribution >= 0.6 is 23.2 Å². The monoisotopic (exact) mass is 288 g/mol. The lowest BCUT2D eigenvalue weighted by molar-refractivity contribution is -0.125. The molecule has 3 nitrogen and oxygen atoms in total. The molecule has 1 aromatic carbocycles. The van der Waals surface area contributed by atoms with Crippen molar-refractivity contribution >= 4 is 29.1 Å². The van der Waals surface area contributed by atoms with Crippen molar-refractivity contribution in [2.75, 3.05) is 6.54 Å². The van der Waals surface area contributed by atoms with Crippen molar-refractivity contribution in [3.8, 4) is 0 Å².